The highest BCUT2D eigenvalue weighted by Gasteiger charge is 2.35. The molecule has 1 aliphatic heterocycles. The van der Waals surface area contributed by atoms with Crippen molar-refractivity contribution in [2.24, 2.45) is 5.41 Å². The first-order chi connectivity index (χ1) is 12.3. The third-order valence-corrected chi connectivity index (χ3v) is 6.54. The van der Waals surface area contributed by atoms with Crippen LogP contribution in [0.15, 0.2) is 4.90 Å². The first-order valence-electron chi connectivity index (χ1n) is 8.82. The normalized spacial score (nSPS) is 16.6. The molecule has 1 aromatic heterocycles. The van der Waals surface area contributed by atoms with Crippen LogP contribution in [-0.2, 0) is 19.5 Å². The Morgan fingerprint density at radius 2 is 1.89 bits per heavy atom. The number of hydrogen-bond donors (Lipinski definition) is 3. The van der Waals surface area contributed by atoms with Crippen LogP contribution in [0.2, 0.25) is 0 Å². The van der Waals surface area contributed by atoms with Gasteiger partial charge >= 0.3 is 5.97 Å². The summed E-state index contributed by atoms with van der Waals surface area (Å²) in [7, 11) is -2.14. The van der Waals surface area contributed by atoms with Gasteiger partial charge in [-0.05, 0) is 46.7 Å². The van der Waals surface area contributed by atoms with E-state index in [1.54, 1.807) is 27.9 Å². The SMILES string of the molecule is CCOC(=O)c1[nH]c(C)c(S(=O)(=O)NCC2(COC)CCNCC2)c1C.Cl. The van der Waals surface area contributed by atoms with Gasteiger partial charge in [0.05, 0.1) is 13.2 Å². The molecular formula is C17H30ClN3O5S. The highest BCUT2D eigenvalue weighted by atomic mass is 35.5. The van der Waals surface area contributed by atoms with Gasteiger partial charge in [-0.1, -0.05) is 0 Å². The Bertz CT molecular complexity index is 736. The third-order valence-electron chi connectivity index (χ3n) is 4.87. The monoisotopic (exact) mass is 423 g/mol. The molecule has 1 aromatic rings. The summed E-state index contributed by atoms with van der Waals surface area (Å²) in [6.45, 7) is 7.64. The average Bonchev–Trinajstić information content (AvgIpc) is 2.90. The second-order valence-corrected chi connectivity index (χ2v) is 8.51. The predicted molar refractivity (Wildman–Crippen MR) is 105 cm³/mol. The smallest absolute Gasteiger partial charge is 0.355 e. The van der Waals surface area contributed by atoms with Crippen molar-refractivity contribution in [3.05, 3.63) is 17.0 Å². The number of aromatic amines is 1. The summed E-state index contributed by atoms with van der Waals surface area (Å²) < 4.78 is 38.9. The van der Waals surface area contributed by atoms with Crippen LogP contribution in [0.5, 0.6) is 0 Å². The van der Waals surface area contributed by atoms with Gasteiger partial charge in [0, 0.05) is 30.3 Å². The topological polar surface area (TPSA) is 110 Å². The van der Waals surface area contributed by atoms with Crippen LogP contribution < -0.4 is 10.0 Å². The van der Waals surface area contributed by atoms with Crippen molar-refractivity contribution in [3.8, 4) is 0 Å². The molecule has 2 rings (SSSR count). The molecule has 0 atom stereocenters. The van der Waals surface area contributed by atoms with Gasteiger partial charge in [0.15, 0.2) is 0 Å². The molecule has 0 spiro atoms. The first-order valence-corrected chi connectivity index (χ1v) is 10.3. The Hall–Kier alpha value is -1.13. The van der Waals surface area contributed by atoms with Crippen molar-refractivity contribution in [2.75, 3.05) is 40.0 Å². The molecule has 1 saturated heterocycles. The zero-order chi connectivity index (χ0) is 19.4. The van der Waals surface area contributed by atoms with Gasteiger partial charge in [-0.15, -0.1) is 12.4 Å². The highest BCUT2D eigenvalue weighted by Crippen LogP contribution is 2.30. The molecule has 156 valence electrons. The lowest BCUT2D eigenvalue weighted by atomic mass is 9.80. The molecule has 0 aliphatic carbocycles. The van der Waals surface area contributed by atoms with E-state index in [0.29, 0.717) is 24.4 Å². The Balaban J connectivity index is 0.00000364. The van der Waals surface area contributed by atoms with Gasteiger partial charge < -0.3 is 19.8 Å². The number of aromatic nitrogens is 1. The summed E-state index contributed by atoms with van der Waals surface area (Å²) in [5.41, 5.74) is 0.747. The Kier molecular flexibility index (Phi) is 8.75. The fraction of sp³-hybridized carbons (Fsp3) is 0.706. The number of nitrogens with one attached hydrogen (secondary N) is 3. The first kappa shape index (κ1) is 23.9. The van der Waals surface area contributed by atoms with E-state index in [0.717, 1.165) is 25.9 Å². The number of methoxy groups -OCH3 is 1. The zero-order valence-corrected chi connectivity index (χ0v) is 17.9. The van der Waals surface area contributed by atoms with Crippen LogP contribution in [0.3, 0.4) is 0 Å². The van der Waals surface area contributed by atoms with Crippen LogP contribution in [0, 0.1) is 19.3 Å². The minimum atomic E-state index is -3.77. The van der Waals surface area contributed by atoms with E-state index < -0.39 is 16.0 Å². The molecule has 0 aromatic carbocycles. The van der Waals surface area contributed by atoms with Crippen molar-refractivity contribution in [1.29, 1.82) is 0 Å². The molecule has 8 nitrogen and oxygen atoms in total. The zero-order valence-electron chi connectivity index (χ0n) is 16.3. The number of ether oxygens (including phenoxy) is 2. The molecule has 1 aliphatic rings. The lowest BCUT2D eigenvalue weighted by Gasteiger charge is -2.37. The number of carbonyl (C=O) groups excluding carboxylic acids is 1. The second-order valence-electron chi connectivity index (χ2n) is 6.81. The van der Waals surface area contributed by atoms with Gasteiger partial charge in [-0.2, -0.15) is 0 Å². The fourth-order valence-electron chi connectivity index (χ4n) is 3.50. The summed E-state index contributed by atoms with van der Waals surface area (Å²) in [6.07, 6.45) is 1.67. The van der Waals surface area contributed by atoms with E-state index in [4.69, 9.17) is 9.47 Å². The molecule has 27 heavy (non-hydrogen) atoms. The largest absolute Gasteiger partial charge is 0.461 e. The molecule has 3 N–H and O–H groups in total. The number of aryl methyl sites for hydroxylation is 1. The Morgan fingerprint density at radius 3 is 2.44 bits per heavy atom. The van der Waals surface area contributed by atoms with Crippen molar-refractivity contribution in [2.45, 2.75) is 38.5 Å². The van der Waals surface area contributed by atoms with Gasteiger partial charge in [-0.3, -0.25) is 0 Å². The Labute approximate surface area is 167 Å². The van der Waals surface area contributed by atoms with Crippen LogP contribution in [0.25, 0.3) is 0 Å². The van der Waals surface area contributed by atoms with Crippen LogP contribution in [0.4, 0.5) is 0 Å². The Morgan fingerprint density at radius 1 is 1.26 bits per heavy atom. The standard InChI is InChI=1S/C17H29N3O5S.ClH/c1-5-25-16(21)14-12(2)15(13(3)20-14)26(22,23)19-10-17(11-24-4)6-8-18-9-7-17;/h18-20H,5-11H2,1-4H3;1H. The maximum atomic E-state index is 12.9. The van der Waals surface area contributed by atoms with Gasteiger partial charge in [0.1, 0.15) is 10.6 Å². The molecular weight excluding hydrogens is 394 g/mol. The quantitative estimate of drug-likeness (QED) is 0.547. The maximum absolute atomic E-state index is 12.9. The lowest BCUT2D eigenvalue weighted by Crippen LogP contribution is -2.47. The van der Waals surface area contributed by atoms with Crippen LogP contribution in [0.1, 0.15) is 41.5 Å². The van der Waals surface area contributed by atoms with Gasteiger partial charge in [-0.25, -0.2) is 17.9 Å². The molecule has 0 radical (unpaired) electrons. The van der Waals surface area contributed by atoms with E-state index in [1.165, 1.54) is 0 Å². The molecule has 0 bridgehead atoms. The number of piperidine rings is 1. The molecule has 1 fully saturated rings. The summed E-state index contributed by atoms with van der Waals surface area (Å²) in [4.78, 5) is 15.0. The summed E-state index contributed by atoms with van der Waals surface area (Å²) in [5.74, 6) is -0.552. The third kappa shape index (κ3) is 5.45. The highest BCUT2D eigenvalue weighted by molar-refractivity contribution is 7.89. The maximum Gasteiger partial charge on any atom is 0.355 e. The van der Waals surface area contributed by atoms with E-state index in [1.807, 2.05) is 0 Å². The number of carbonyl (C=O) groups is 1. The van der Waals surface area contributed by atoms with Gasteiger partial charge in [0.25, 0.3) is 0 Å². The molecule has 2 heterocycles. The minimum absolute atomic E-state index is 0. The number of H-pyrrole nitrogens is 1. The number of halogens is 1. The minimum Gasteiger partial charge on any atom is -0.461 e. The average molecular weight is 424 g/mol. The predicted octanol–water partition coefficient (Wildman–Crippen LogP) is 1.52. The van der Waals surface area contributed by atoms with Crippen molar-refractivity contribution >= 4 is 28.4 Å². The van der Waals surface area contributed by atoms with Crippen molar-refractivity contribution in [1.82, 2.24) is 15.0 Å². The molecule has 10 heteroatoms. The summed E-state index contributed by atoms with van der Waals surface area (Å²) in [6, 6.07) is 0. The fourth-order valence-corrected chi connectivity index (χ4v) is 5.10. The number of hydrogen-bond acceptors (Lipinski definition) is 6. The molecule has 0 saturated carbocycles. The molecule has 0 amide bonds. The van der Waals surface area contributed by atoms with Crippen LogP contribution >= 0.6 is 12.4 Å². The van der Waals surface area contributed by atoms with E-state index >= 15 is 0 Å². The van der Waals surface area contributed by atoms with E-state index in [2.05, 4.69) is 15.0 Å². The summed E-state index contributed by atoms with van der Waals surface area (Å²) >= 11 is 0. The second kappa shape index (κ2) is 9.88. The van der Waals surface area contributed by atoms with Gasteiger partial charge in [0.2, 0.25) is 10.0 Å². The van der Waals surface area contributed by atoms with E-state index in [-0.39, 0.29) is 35.0 Å². The number of rotatable bonds is 8. The van der Waals surface area contributed by atoms with Crippen LogP contribution in [-0.4, -0.2) is 59.3 Å². The lowest BCUT2D eigenvalue weighted by molar-refractivity contribution is 0.0519. The van der Waals surface area contributed by atoms with Crippen molar-refractivity contribution < 1.29 is 22.7 Å². The molecule has 0 unspecified atom stereocenters. The van der Waals surface area contributed by atoms with Crippen molar-refractivity contribution in [3.63, 3.8) is 0 Å². The summed E-state index contributed by atoms with van der Waals surface area (Å²) in [5, 5.41) is 3.28. The number of esters is 1. The number of sulfonamides is 1. The van der Waals surface area contributed by atoms with E-state index in [9.17, 15) is 13.2 Å².